The van der Waals surface area contributed by atoms with Crippen molar-refractivity contribution in [3.63, 3.8) is 0 Å². The van der Waals surface area contributed by atoms with Gasteiger partial charge in [0.15, 0.2) is 5.78 Å². The molecule has 0 atom stereocenters. The zero-order chi connectivity index (χ0) is 22.1. The van der Waals surface area contributed by atoms with E-state index in [2.05, 4.69) is 5.32 Å². The van der Waals surface area contributed by atoms with E-state index in [1.807, 2.05) is 39.0 Å². The van der Waals surface area contributed by atoms with Gasteiger partial charge in [-0.25, -0.2) is 0 Å². The Labute approximate surface area is 178 Å². The topological polar surface area (TPSA) is 75.7 Å². The highest BCUT2D eigenvalue weighted by Crippen LogP contribution is 2.19. The predicted octanol–water partition coefficient (Wildman–Crippen LogP) is 4.15. The smallest absolute Gasteiger partial charge is 0.243 e. The van der Waals surface area contributed by atoms with Crippen molar-refractivity contribution in [3.05, 3.63) is 59.2 Å². The van der Waals surface area contributed by atoms with E-state index in [-0.39, 0.29) is 37.0 Å². The van der Waals surface area contributed by atoms with Crippen LogP contribution in [0.15, 0.2) is 42.5 Å². The molecule has 6 nitrogen and oxygen atoms in total. The van der Waals surface area contributed by atoms with Gasteiger partial charge in [0.2, 0.25) is 11.8 Å². The third kappa shape index (κ3) is 6.72. The minimum atomic E-state index is -0.266. The molecule has 0 aliphatic carbocycles. The van der Waals surface area contributed by atoms with Crippen molar-refractivity contribution in [1.29, 1.82) is 0 Å². The fourth-order valence-corrected chi connectivity index (χ4v) is 3.01. The Morgan fingerprint density at radius 2 is 1.60 bits per heavy atom. The van der Waals surface area contributed by atoms with Crippen molar-refractivity contribution in [3.8, 4) is 5.75 Å². The minimum absolute atomic E-state index is 0.0556. The molecule has 2 aromatic carbocycles. The Bertz CT molecular complexity index is 870. The summed E-state index contributed by atoms with van der Waals surface area (Å²) in [6, 6.07) is 12.7. The molecule has 2 amide bonds. The fourth-order valence-electron chi connectivity index (χ4n) is 3.01. The lowest BCUT2D eigenvalue weighted by molar-refractivity contribution is -0.133. The first kappa shape index (κ1) is 23.1. The molecule has 1 N–H and O–H groups in total. The minimum Gasteiger partial charge on any atom is -0.494 e. The number of hydrogen-bond donors (Lipinski definition) is 1. The normalized spacial score (nSPS) is 10.4. The van der Waals surface area contributed by atoms with Crippen LogP contribution in [0.25, 0.3) is 0 Å². The number of rotatable bonds is 10. The van der Waals surface area contributed by atoms with Crippen LogP contribution in [-0.2, 0) is 9.59 Å². The molecule has 0 aliphatic rings. The second-order valence-corrected chi connectivity index (χ2v) is 7.36. The maximum atomic E-state index is 12.3. The Morgan fingerprint density at radius 3 is 2.20 bits per heavy atom. The van der Waals surface area contributed by atoms with Gasteiger partial charge in [0.25, 0.3) is 0 Å². The number of nitrogens with one attached hydrogen (secondary N) is 1. The molecule has 2 aromatic rings. The SMILES string of the molecule is CCCOc1ccc(C(=O)CCC(=O)N(C)CC(=O)Nc2c(C)cccc2C)cc1. The van der Waals surface area contributed by atoms with Gasteiger partial charge in [-0.15, -0.1) is 0 Å². The van der Waals surface area contributed by atoms with Gasteiger partial charge in [-0.2, -0.15) is 0 Å². The van der Waals surface area contributed by atoms with Crippen molar-refractivity contribution in [2.45, 2.75) is 40.0 Å². The van der Waals surface area contributed by atoms with Crippen molar-refractivity contribution in [1.82, 2.24) is 4.90 Å². The van der Waals surface area contributed by atoms with Gasteiger partial charge >= 0.3 is 0 Å². The van der Waals surface area contributed by atoms with Crippen LogP contribution < -0.4 is 10.1 Å². The average Bonchev–Trinajstić information content (AvgIpc) is 2.73. The molecule has 6 heteroatoms. The average molecular weight is 411 g/mol. The molecule has 0 aromatic heterocycles. The summed E-state index contributed by atoms with van der Waals surface area (Å²) in [4.78, 5) is 38.4. The zero-order valence-electron chi connectivity index (χ0n) is 18.2. The molecule has 0 bridgehead atoms. The number of ketones is 1. The molecule has 0 fully saturated rings. The van der Waals surface area contributed by atoms with E-state index >= 15 is 0 Å². The maximum Gasteiger partial charge on any atom is 0.243 e. The number of nitrogens with zero attached hydrogens (tertiary/aromatic N) is 1. The number of carbonyl (C=O) groups excluding carboxylic acids is 3. The van der Waals surface area contributed by atoms with E-state index in [9.17, 15) is 14.4 Å². The number of carbonyl (C=O) groups is 3. The van der Waals surface area contributed by atoms with Gasteiger partial charge in [-0.05, 0) is 55.7 Å². The van der Waals surface area contributed by atoms with E-state index in [1.165, 1.54) is 4.90 Å². The Hall–Kier alpha value is -3.15. The quantitative estimate of drug-likeness (QED) is 0.597. The summed E-state index contributed by atoms with van der Waals surface area (Å²) in [5.41, 5.74) is 3.25. The molecule has 0 spiro atoms. The van der Waals surface area contributed by atoms with Gasteiger partial charge in [0, 0.05) is 31.1 Å². The summed E-state index contributed by atoms with van der Waals surface area (Å²) in [5.74, 6) is 0.0954. The fraction of sp³-hybridized carbons (Fsp3) is 0.375. The number of anilines is 1. The zero-order valence-corrected chi connectivity index (χ0v) is 18.2. The Balaban J connectivity index is 1.82. The van der Waals surface area contributed by atoms with Crippen LogP contribution >= 0.6 is 0 Å². The monoisotopic (exact) mass is 410 g/mol. The number of benzene rings is 2. The Morgan fingerprint density at radius 1 is 0.967 bits per heavy atom. The molecule has 30 heavy (non-hydrogen) atoms. The van der Waals surface area contributed by atoms with Crippen LogP contribution in [0.4, 0.5) is 5.69 Å². The van der Waals surface area contributed by atoms with Crippen LogP contribution in [0.1, 0.15) is 47.7 Å². The molecule has 0 radical (unpaired) electrons. The summed E-state index contributed by atoms with van der Waals surface area (Å²) >= 11 is 0. The third-order valence-corrected chi connectivity index (χ3v) is 4.77. The summed E-state index contributed by atoms with van der Waals surface area (Å²) in [7, 11) is 1.57. The largest absolute Gasteiger partial charge is 0.494 e. The molecule has 2 rings (SSSR count). The molecular formula is C24H30N2O4. The van der Waals surface area contributed by atoms with E-state index < -0.39 is 0 Å². The van der Waals surface area contributed by atoms with E-state index in [1.54, 1.807) is 31.3 Å². The first-order chi connectivity index (χ1) is 14.3. The number of Topliss-reactive ketones (excluding diaryl/α,β-unsaturated/α-hetero) is 1. The van der Waals surface area contributed by atoms with Crippen molar-refractivity contribution in [2.75, 3.05) is 25.5 Å². The van der Waals surface area contributed by atoms with E-state index in [0.717, 1.165) is 29.0 Å². The first-order valence-corrected chi connectivity index (χ1v) is 10.2. The predicted molar refractivity (Wildman–Crippen MR) is 118 cm³/mol. The number of ether oxygens (including phenoxy) is 1. The molecule has 0 saturated heterocycles. The number of likely N-dealkylation sites (N-methyl/N-ethyl adjacent to an activating group) is 1. The second-order valence-electron chi connectivity index (χ2n) is 7.36. The summed E-state index contributed by atoms with van der Waals surface area (Å²) in [6.45, 7) is 6.44. The lowest BCUT2D eigenvalue weighted by Crippen LogP contribution is -2.35. The highest BCUT2D eigenvalue weighted by Gasteiger charge is 2.16. The van der Waals surface area contributed by atoms with Gasteiger partial charge in [-0.3, -0.25) is 14.4 Å². The standard InChI is InChI=1S/C24H30N2O4/c1-5-15-30-20-11-9-19(10-12-20)21(27)13-14-23(29)26(4)16-22(28)25-24-17(2)7-6-8-18(24)3/h6-12H,5,13-16H2,1-4H3,(H,25,28). The van der Waals surface area contributed by atoms with Crippen LogP contribution in [0, 0.1) is 13.8 Å². The van der Waals surface area contributed by atoms with Crippen LogP contribution in [0.3, 0.4) is 0 Å². The lowest BCUT2D eigenvalue weighted by Gasteiger charge is -2.18. The molecule has 0 aliphatic heterocycles. The van der Waals surface area contributed by atoms with Crippen molar-refractivity contribution < 1.29 is 19.1 Å². The molecule has 160 valence electrons. The summed E-state index contributed by atoms with van der Waals surface area (Å²) < 4.78 is 5.50. The van der Waals surface area contributed by atoms with Crippen molar-refractivity contribution in [2.24, 2.45) is 0 Å². The highest BCUT2D eigenvalue weighted by atomic mass is 16.5. The summed E-state index contributed by atoms with van der Waals surface area (Å²) in [6.07, 6.45) is 1.07. The van der Waals surface area contributed by atoms with Gasteiger partial charge in [0.05, 0.1) is 13.2 Å². The van der Waals surface area contributed by atoms with Crippen LogP contribution in [0.2, 0.25) is 0 Å². The highest BCUT2D eigenvalue weighted by molar-refractivity contribution is 5.99. The molecule has 0 saturated carbocycles. The number of amides is 2. The third-order valence-electron chi connectivity index (χ3n) is 4.77. The number of aryl methyl sites for hydroxylation is 2. The lowest BCUT2D eigenvalue weighted by atomic mass is 10.1. The van der Waals surface area contributed by atoms with Gasteiger partial charge in [0.1, 0.15) is 5.75 Å². The molecule has 0 unspecified atom stereocenters. The van der Waals surface area contributed by atoms with E-state index in [4.69, 9.17) is 4.74 Å². The van der Waals surface area contributed by atoms with E-state index in [0.29, 0.717) is 12.2 Å². The van der Waals surface area contributed by atoms with Crippen molar-refractivity contribution >= 4 is 23.3 Å². The first-order valence-electron chi connectivity index (χ1n) is 10.2. The van der Waals surface area contributed by atoms with Gasteiger partial charge in [-0.1, -0.05) is 25.1 Å². The second kappa shape index (κ2) is 11.1. The number of para-hydroxylation sites is 1. The van der Waals surface area contributed by atoms with Crippen LogP contribution in [-0.4, -0.2) is 42.7 Å². The molecule has 0 heterocycles. The maximum absolute atomic E-state index is 12.3. The van der Waals surface area contributed by atoms with Crippen LogP contribution in [0.5, 0.6) is 5.75 Å². The number of hydrogen-bond acceptors (Lipinski definition) is 4. The Kier molecular flexibility index (Phi) is 8.59. The van der Waals surface area contributed by atoms with Gasteiger partial charge < -0.3 is 15.0 Å². The summed E-state index contributed by atoms with van der Waals surface area (Å²) in [5, 5.41) is 2.86. The molecular weight excluding hydrogens is 380 g/mol.